The van der Waals surface area contributed by atoms with Crippen LogP contribution in [0.5, 0.6) is 0 Å². The maximum Gasteiger partial charge on any atom is 0.266 e. The van der Waals surface area contributed by atoms with Crippen molar-refractivity contribution in [3.05, 3.63) is 46.5 Å². The second-order valence-electron chi connectivity index (χ2n) is 7.85. The minimum absolute atomic E-state index is 0.0125. The van der Waals surface area contributed by atoms with Crippen molar-refractivity contribution in [2.75, 3.05) is 18.0 Å². The molecule has 30 heavy (non-hydrogen) atoms. The number of anilines is 1. The monoisotopic (exact) mass is 422 g/mol. The Bertz CT molecular complexity index is 1040. The molecule has 0 N–H and O–H groups in total. The van der Waals surface area contributed by atoms with E-state index in [0.29, 0.717) is 43.2 Å². The second-order valence-corrected chi connectivity index (χ2v) is 8.63. The number of thiophene rings is 1. The molecule has 0 bridgehead atoms. The van der Waals surface area contributed by atoms with Crippen molar-refractivity contribution in [3.8, 4) is 17.7 Å². The van der Waals surface area contributed by atoms with E-state index in [4.69, 9.17) is 8.83 Å². The van der Waals surface area contributed by atoms with Crippen LogP contribution in [-0.2, 0) is 11.3 Å². The van der Waals surface area contributed by atoms with Gasteiger partial charge in [0, 0.05) is 31.6 Å². The van der Waals surface area contributed by atoms with Gasteiger partial charge in [-0.2, -0.15) is 21.6 Å². The van der Waals surface area contributed by atoms with Gasteiger partial charge in [-0.05, 0) is 60.2 Å². The number of nitrogens with zero attached hydrogens (tertiary/aromatic N) is 4. The average Bonchev–Trinajstić information content (AvgIpc) is 3.20. The molecule has 4 heterocycles. The highest BCUT2D eigenvalue weighted by Gasteiger charge is 2.37. The van der Waals surface area contributed by atoms with Gasteiger partial charge in [0.25, 0.3) is 5.89 Å². The normalized spacial score (nSPS) is 17.1. The summed E-state index contributed by atoms with van der Waals surface area (Å²) in [5.74, 6) is 1.54. The summed E-state index contributed by atoms with van der Waals surface area (Å²) < 4.78 is 11.2. The van der Waals surface area contributed by atoms with E-state index < -0.39 is 0 Å². The van der Waals surface area contributed by atoms with Crippen LogP contribution >= 0.6 is 11.3 Å². The first-order chi connectivity index (χ1) is 14.7. The van der Waals surface area contributed by atoms with Crippen molar-refractivity contribution in [1.29, 1.82) is 5.26 Å². The zero-order valence-electron chi connectivity index (χ0n) is 16.5. The van der Waals surface area contributed by atoms with Crippen LogP contribution in [0.3, 0.4) is 0 Å². The van der Waals surface area contributed by atoms with Crippen LogP contribution in [0.4, 0.5) is 5.88 Å². The summed E-state index contributed by atoms with van der Waals surface area (Å²) in [4.78, 5) is 21.6. The number of rotatable bonds is 6. The lowest BCUT2D eigenvalue weighted by atomic mass is 9.95. The molecule has 1 amide bonds. The van der Waals surface area contributed by atoms with Gasteiger partial charge in [-0.15, -0.1) is 0 Å². The molecule has 8 heteroatoms. The highest BCUT2D eigenvalue weighted by molar-refractivity contribution is 7.07. The summed E-state index contributed by atoms with van der Waals surface area (Å²) in [7, 11) is 0. The lowest BCUT2D eigenvalue weighted by Crippen LogP contribution is -2.43. The van der Waals surface area contributed by atoms with Crippen molar-refractivity contribution in [1.82, 2.24) is 9.88 Å². The summed E-state index contributed by atoms with van der Waals surface area (Å²) in [6.07, 6.45) is 5.24. The Morgan fingerprint density at radius 2 is 2.13 bits per heavy atom. The third-order valence-corrected chi connectivity index (χ3v) is 6.51. The van der Waals surface area contributed by atoms with Crippen molar-refractivity contribution in [2.45, 2.75) is 38.3 Å². The van der Waals surface area contributed by atoms with Crippen LogP contribution in [0, 0.1) is 17.2 Å². The molecular formula is C22H22N4O3S. The summed E-state index contributed by atoms with van der Waals surface area (Å²) >= 11 is 1.67. The highest BCUT2D eigenvalue weighted by Crippen LogP contribution is 2.34. The summed E-state index contributed by atoms with van der Waals surface area (Å²) in [6.45, 7) is 2.03. The van der Waals surface area contributed by atoms with Gasteiger partial charge in [0.2, 0.25) is 17.5 Å². The maximum absolute atomic E-state index is 13.2. The summed E-state index contributed by atoms with van der Waals surface area (Å²) in [6, 6.07) is 8.11. The molecule has 0 radical (unpaired) electrons. The van der Waals surface area contributed by atoms with Crippen LogP contribution in [0.1, 0.15) is 36.9 Å². The third kappa shape index (κ3) is 3.73. The summed E-state index contributed by atoms with van der Waals surface area (Å²) in [5, 5.41) is 13.7. The molecule has 3 aromatic rings. The molecule has 2 aliphatic rings. The van der Waals surface area contributed by atoms with Crippen LogP contribution in [-0.4, -0.2) is 34.9 Å². The zero-order valence-corrected chi connectivity index (χ0v) is 17.3. The lowest BCUT2D eigenvalue weighted by Gasteiger charge is -2.34. The third-order valence-electron chi connectivity index (χ3n) is 5.78. The first kappa shape index (κ1) is 18.9. The van der Waals surface area contributed by atoms with E-state index in [1.54, 1.807) is 29.7 Å². The van der Waals surface area contributed by atoms with Gasteiger partial charge in [0.05, 0.1) is 6.26 Å². The van der Waals surface area contributed by atoms with Gasteiger partial charge in [-0.25, -0.2) is 0 Å². The first-order valence-corrected chi connectivity index (χ1v) is 11.2. The molecule has 1 aliphatic heterocycles. The number of piperidine rings is 1. The molecular weight excluding hydrogens is 400 g/mol. The predicted molar refractivity (Wildman–Crippen MR) is 112 cm³/mol. The molecule has 1 saturated heterocycles. The minimum Gasteiger partial charge on any atom is -0.459 e. The Labute approximate surface area is 178 Å². The lowest BCUT2D eigenvalue weighted by molar-refractivity contribution is -0.137. The Morgan fingerprint density at radius 1 is 1.30 bits per heavy atom. The summed E-state index contributed by atoms with van der Waals surface area (Å²) in [5.41, 5.74) is 1.46. The fourth-order valence-electron chi connectivity index (χ4n) is 4.02. The first-order valence-electron chi connectivity index (χ1n) is 10.2. The predicted octanol–water partition coefficient (Wildman–Crippen LogP) is 4.28. The van der Waals surface area contributed by atoms with Crippen molar-refractivity contribution < 1.29 is 13.6 Å². The zero-order chi connectivity index (χ0) is 20.5. The molecule has 0 atom stereocenters. The Hall–Kier alpha value is -3.05. The van der Waals surface area contributed by atoms with Gasteiger partial charge >= 0.3 is 0 Å². The number of carbonyl (C=O) groups is 1. The van der Waals surface area contributed by atoms with E-state index in [2.05, 4.69) is 32.8 Å². The quantitative estimate of drug-likeness (QED) is 0.589. The number of aromatic nitrogens is 1. The number of carbonyl (C=O) groups excluding carboxylic acids is 1. The van der Waals surface area contributed by atoms with E-state index in [1.807, 2.05) is 4.90 Å². The SMILES string of the molecule is N#Cc1nc(-c2ccco2)oc1N1CCC(C(=O)N(Cc2ccsc2)C2CC2)CC1. The van der Waals surface area contributed by atoms with E-state index in [1.165, 1.54) is 5.56 Å². The number of amides is 1. The van der Waals surface area contributed by atoms with E-state index >= 15 is 0 Å². The number of furan rings is 1. The van der Waals surface area contributed by atoms with Crippen LogP contribution in [0.15, 0.2) is 44.1 Å². The molecule has 0 aromatic carbocycles. The van der Waals surface area contributed by atoms with Gasteiger partial charge in [0.1, 0.15) is 6.07 Å². The van der Waals surface area contributed by atoms with E-state index in [-0.39, 0.29) is 17.5 Å². The standard InChI is InChI=1S/C22H22N4O3S/c23-12-18-22(29-20(24-18)19-2-1-10-28-19)25-8-5-16(6-9-25)21(27)26(17-3-4-17)13-15-7-11-30-14-15/h1-2,7,10-11,14,16-17H,3-6,8-9,13H2. The molecule has 0 spiro atoms. The fourth-order valence-corrected chi connectivity index (χ4v) is 4.68. The Balaban J connectivity index is 1.26. The van der Waals surface area contributed by atoms with Gasteiger partial charge in [0.15, 0.2) is 5.76 Å². The molecule has 2 fully saturated rings. The Kier molecular flexibility index (Phi) is 5.05. The molecule has 7 nitrogen and oxygen atoms in total. The fraction of sp³-hybridized carbons (Fsp3) is 0.409. The molecule has 3 aromatic heterocycles. The second kappa shape index (κ2) is 8.00. The van der Waals surface area contributed by atoms with Crippen LogP contribution in [0.25, 0.3) is 11.7 Å². The Morgan fingerprint density at radius 3 is 2.77 bits per heavy atom. The number of hydrogen-bond acceptors (Lipinski definition) is 7. The number of hydrogen-bond donors (Lipinski definition) is 0. The minimum atomic E-state index is 0.0125. The number of nitriles is 1. The molecule has 5 rings (SSSR count). The van der Waals surface area contributed by atoms with E-state index in [9.17, 15) is 10.1 Å². The highest BCUT2D eigenvalue weighted by atomic mass is 32.1. The smallest absolute Gasteiger partial charge is 0.266 e. The van der Waals surface area contributed by atoms with Gasteiger partial charge in [-0.3, -0.25) is 4.79 Å². The van der Waals surface area contributed by atoms with Crippen LogP contribution < -0.4 is 4.90 Å². The van der Waals surface area contributed by atoms with Gasteiger partial charge < -0.3 is 18.6 Å². The largest absolute Gasteiger partial charge is 0.459 e. The maximum atomic E-state index is 13.2. The van der Waals surface area contributed by atoms with E-state index in [0.717, 1.165) is 25.7 Å². The molecule has 154 valence electrons. The van der Waals surface area contributed by atoms with Crippen molar-refractivity contribution in [2.24, 2.45) is 5.92 Å². The van der Waals surface area contributed by atoms with Crippen molar-refractivity contribution >= 4 is 23.1 Å². The van der Waals surface area contributed by atoms with Crippen LogP contribution in [0.2, 0.25) is 0 Å². The molecule has 0 unspecified atom stereocenters. The average molecular weight is 423 g/mol. The van der Waals surface area contributed by atoms with Gasteiger partial charge in [-0.1, -0.05) is 0 Å². The topological polar surface area (TPSA) is 86.5 Å². The molecule has 1 saturated carbocycles. The number of oxazole rings is 1. The molecule has 1 aliphatic carbocycles. The van der Waals surface area contributed by atoms with Crippen molar-refractivity contribution in [3.63, 3.8) is 0 Å².